The second kappa shape index (κ2) is 7.31. The van der Waals surface area contributed by atoms with Crippen molar-refractivity contribution >= 4 is 17.5 Å². The summed E-state index contributed by atoms with van der Waals surface area (Å²) < 4.78 is 7.21. The van der Waals surface area contributed by atoms with Crippen LogP contribution in [-0.4, -0.2) is 23.3 Å². The molecule has 0 atom stereocenters. The number of anilines is 1. The van der Waals surface area contributed by atoms with Gasteiger partial charge in [-0.2, -0.15) is 0 Å². The highest BCUT2D eigenvalue weighted by Gasteiger charge is 2.05. The fraction of sp³-hybridized carbons (Fsp3) is 0.400. The van der Waals surface area contributed by atoms with E-state index in [0.717, 1.165) is 41.8 Å². The van der Waals surface area contributed by atoms with Crippen molar-refractivity contribution in [3.63, 3.8) is 0 Å². The molecule has 1 N–H and O–H groups in total. The summed E-state index contributed by atoms with van der Waals surface area (Å²) in [7, 11) is 1.72. The van der Waals surface area contributed by atoms with Crippen LogP contribution in [0.15, 0.2) is 30.5 Å². The van der Waals surface area contributed by atoms with E-state index in [1.54, 1.807) is 7.11 Å². The normalized spacial score (nSPS) is 10.8. The second-order valence-electron chi connectivity index (χ2n) is 4.73. The number of aryl methyl sites for hydroxylation is 2. The molecule has 0 aliphatic rings. The first-order chi connectivity index (χ1) is 9.69. The number of methoxy groups -OCH3 is 1. The van der Waals surface area contributed by atoms with E-state index in [9.17, 15) is 0 Å². The maximum absolute atomic E-state index is 5.98. The molecule has 0 unspecified atom stereocenters. The lowest BCUT2D eigenvalue weighted by molar-refractivity contribution is 0.190. The van der Waals surface area contributed by atoms with Gasteiger partial charge in [0.2, 0.25) is 5.95 Å². The van der Waals surface area contributed by atoms with Gasteiger partial charge in [0.15, 0.2) is 0 Å². The smallest absolute Gasteiger partial charge is 0.203 e. The number of imidazole rings is 1. The predicted molar refractivity (Wildman–Crippen MR) is 82.2 cm³/mol. The molecule has 0 aliphatic carbocycles. The number of rotatable bonds is 7. The van der Waals surface area contributed by atoms with Gasteiger partial charge in [-0.25, -0.2) is 4.98 Å². The molecule has 2 rings (SSSR count). The quantitative estimate of drug-likeness (QED) is 0.794. The summed E-state index contributed by atoms with van der Waals surface area (Å²) in [6.07, 6.45) is 3.02. The van der Waals surface area contributed by atoms with Crippen molar-refractivity contribution in [2.24, 2.45) is 0 Å². The molecule has 4 nitrogen and oxygen atoms in total. The summed E-state index contributed by atoms with van der Waals surface area (Å²) in [6.45, 7) is 4.36. The molecular weight excluding hydrogens is 274 g/mol. The van der Waals surface area contributed by atoms with Crippen molar-refractivity contribution in [3.8, 4) is 0 Å². The van der Waals surface area contributed by atoms with Gasteiger partial charge in [0.1, 0.15) is 0 Å². The van der Waals surface area contributed by atoms with Crippen LogP contribution < -0.4 is 5.32 Å². The van der Waals surface area contributed by atoms with Crippen molar-refractivity contribution in [2.45, 2.75) is 26.4 Å². The average molecular weight is 294 g/mol. The number of hydrogen-bond donors (Lipinski definition) is 1. The molecule has 0 amide bonds. The van der Waals surface area contributed by atoms with Crippen molar-refractivity contribution in [3.05, 3.63) is 46.7 Å². The Morgan fingerprint density at radius 3 is 3.00 bits per heavy atom. The molecule has 1 aromatic carbocycles. The summed E-state index contributed by atoms with van der Waals surface area (Å²) in [5.41, 5.74) is 2.15. The minimum Gasteiger partial charge on any atom is -0.385 e. The van der Waals surface area contributed by atoms with Gasteiger partial charge in [-0.1, -0.05) is 23.7 Å². The van der Waals surface area contributed by atoms with Crippen LogP contribution in [0.2, 0.25) is 5.02 Å². The van der Waals surface area contributed by atoms with Gasteiger partial charge >= 0.3 is 0 Å². The number of nitrogens with one attached hydrogen (secondary N) is 1. The number of aromatic nitrogens is 2. The van der Waals surface area contributed by atoms with E-state index >= 15 is 0 Å². The zero-order valence-corrected chi connectivity index (χ0v) is 12.7. The lowest BCUT2D eigenvalue weighted by Crippen LogP contribution is -2.08. The van der Waals surface area contributed by atoms with E-state index in [4.69, 9.17) is 16.3 Å². The molecule has 1 heterocycles. The first kappa shape index (κ1) is 14.9. The molecule has 0 saturated carbocycles. The summed E-state index contributed by atoms with van der Waals surface area (Å²) in [4.78, 5) is 4.50. The fourth-order valence-electron chi connectivity index (χ4n) is 2.07. The van der Waals surface area contributed by atoms with Gasteiger partial charge in [0.05, 0.1) is 5.69 Å². The van der Waals surface area contributed by atoms with Crippen LogP contribution in [0, 0.1) is 6.92 Å². The van der Waals surface area contributed by atoms with Gasteiger partial charge in [0, 0.05) is 38.0 Å². The maximum atomic E-state index is 5.98. The third-order valence-electron chi connectivity index (χ3n) is 2.98. The van der Waals surface area contributed by atoms with Gasteiger partial charge in [-0.3, -0.25) is 0 Å². The summed E-state index contributed by atoms with van der Waals surface area (Å²) in [5.74, 6) is 0.888. The Morgan fingerprint density at radius 1 is 1.40 bits per heavy atom. The zero-order chi connectivity index (χ0) is 14.4. The lowest BCUT2D eigenvalue weighted by atomic mass is 10.2. The lowest BCUT2D eigenvalue weighted by Gasteiger charge is -2.09. The van der Waals surface area contributed by atoms with Crippen LogP contribution in [0.25, 0.3) is 0 Å². The molecule has 0 bridgehead atoms. The van der Waals surface area contributed by atoms with Gasteiger partial charge in [-0.15, -0.1) is 0 Å². The van der Waals surface area contributed by atoms with Crippen LogP contribution in [0.4, 0.5) is 5.95 Å². The predicted octanol–water partition coefficient (Wildman–Crippen LogP) is 3.49. The summed E-state index contributed by atoms with van der Waals surface area (Å²) >= 11 is 5.98. The SMILES string of the molecule is COCCCn1cc(C)nc1NCc1cccc(Cl)c1. The van der Waals surface area contributed by atoms with Crippen LogP contribution in [0.1, 0.15) is 17.7 Å². The van der Waals surface area contributed by atoms with Crippen LogP contribution in [0.3, 0.4) is 0 Å². The molecule has 0 radical (unpaired) electrons. The summed E-state index contributed by atoms with van der Waals surface area (Å²) in [5, 5.41) is 4.11. The van der Waals surface area contributed by atoms with Crippen LogP contribution in [-0.2, 0) is 17.8 Å². The van der Waals surface area contributed by atoms with Crippen molar-refractivity contribution < 1.29 is 4.74 Å². The molecule has 20 heavy (non-hydrogen) atoms. The standard InChI is InChI=1S/C15H20ClN3O/c1-12-11-19(7-4-8-20-2)15(18-12)17-10-13-5-3-6-14(16)9-13/h3,5-6,9,11H,4,7-8,10H2,1-2H3,(H,17,18). The third kappa shape index (κ3) is 4.25. The number of hydrogen-bond acceptors (Lipinski definition) is 3. The molecule has 0 spiro atoms. The highest BCUT2D eigenvalue weighted by molar-refractivity contribution is 6.30. The Hall–Kier alpha value is -1.52. The summed E-state index contributed by atoms with van der Waals surface area (Å²) in [6, 6.07) is 7.83. The number of ether oxygens (including phenoxy) is 1. The molecule has 0 saturated heterocycles. The van der Waals surface area contributed by atoms with Crippen molar-refractivity contribution in [1.29, 1.82) is 0 Å². The Labute approximate surface area is 124 Å². The van der Waals surface area contributed by atoms with E-state index in [1.807, 2.05) is 31.2 Å². The van der Waals surface area contributed by atoms with E-state index in [-0.39, 0.29) is 0 Å². The Balaban J connectivity index is 1.98. The molecule has 108 valence electrons. The van der Waals surface area contributed by atoms with E-state index in [0.29, 0.717) is 6.54 Å². The van der Waals surface area contributed by atoms with Crippen molar-refractivity contribution in [1.82, 2.24) is 9.55 Å². The topological polar surface area (TPSA) is 39.1 Å². The van der Waals surface area contributed by atoms with Gasteiger partial charge in [-0.05, 0) is 31.0 Å². The largest absolute Gasteiger partial charge is 0.385 e. The molecular formula is C15H20ClN3O. The molecule has 0 aliphatic heterocycles. The van der Waals surface area contributed by atoms with Crippen LogP contribution in [0.5, 0.6) is 0 Å². The number of benzene rings is 1. The van der Waals surface area contributed by atoms with Gasteiger partial charge < -0.3 is 14.6 Å². The first-order valence-electron chi connectivity index (χ1n) is 6.70. The Bertz CT molecular complexity index is 554. The van der Waals surface area contributed by atoms with Crippen molar-refractivity contribution in [2.75, 3.05) is 19.0 Å². The molecule has 2 aromatic rings. The fourth-order valence-corrected chi connectivity index (χ4v) is 2.28. The number of nitrogens with zero attached hydrogens (tertiary/aromatic N) is 2. The maximum Gasteiger partial charge on any atom is 0.203 e. The van der Waals surface area contributed by atoms with E-state index < -0.39 is 0 Å². The van der Waals surface area contributed by atoms with Gasteiger partial charge in [0.25, 0.3) is 0 Å². The number of halogens is 1. The average Bonchev–Trinajstić information content (AvgIpc) is 2.77. The van der Waals surface area contributed by atoms with E-state index in [1.165, 1.54) is 0 Å². The minimum absolute atomic E-state index is 0.710. The minimum atomic E-state index is 0.710. The third-order valence-corrected chi connectivity index (χ3v) is 3.22. The van der Waals surface area contributed by atoms with E-state index in [2.05, 4.69) is 21.1 Å². The highest BCUT2D eigenvalue weighted by atomic mass is 35.5. The zero-order valence-electron chi connectivity index (χ0n) is 11.9. The molecule has 5 heteroatoms. The Morgan fingerprint density at radius 2 is 2.25 bits per heavy atom. The molecule has 0 fully saturated rings. The first-order valence-corrected chi connectivity index (χ1v) is 7.08. The Kier molecular flexibility index (Phi) is 5.44. The second-order valence-corrected chi connectivity index (χ2v) is 5.17. The van der Waals surface area contributed by atoms with Crippen LogP contribution >= 0.6 is 11.6 Å². The highest BCUT2D eigenvalue weighted by Crippen LogP contribution is 2.14. The molecule has 1 aromatic heterocycles. The monoisotopic (exact) mass is 293 g/mol.